The van der Waals surface area contributed by atoms with Crippen LogP contribution in [0.1, 0.15) is 122 Å². The van der Waals surface area contributed by atoms with Gasteiger partial charge in [0.1, 0.15) is 0 Å². The van der Waals surface area contributed by atoms with Gasteiger partial charge in [-0.15, -0.1) is 0 Å². The zero-order chi connectivity index (χ0) is 15.1. The molecule has 0 amide bonds. The van der Waals surface area contributed by atoms with E-state index in [9.17, 15) is 0 Å². The van der Waals surface area contributed by atoms with Crippen LogP contribution in [0, 0.1) is 17.3 Å². The Kier molecular flexibility index (Phi) is 6.69. The van der Waals surface area contributed by atoms with E-state index < -0.39 is 0 Å². The Morgan fingerprint density at radius 2 is 0.682 bits per heavy atom. The van der Waals surface area contributed by atoms with Gasteiger partial charge in [0.05, 0.1) is 0 Å². The fourth-order valence-corrected chi connectivity index (χ4v) is 6.42. The second kappa shape index (κ2) is 8.74. The lowest BCUT2D eigenvalue weighted by Gasteiger charge is -2.51. The molecule has 0 aromatic rings. The van der Waals surface area contributed by atoms with E-state index in [0.717, 1.165) is 17.3 Å². The molecule has 0 N–H and O–H groups in total. The molecule has 22 heavy (non-hydrogen) atoms. The molecule has 0 heterocycles. The lowest BCUT2D eigenvalue weighted by atomic mass is 9.54. The van der Waals surface area contributed by atoms with Gasteiger partial charge in [0.15, 0.2) is 0 Å². The number of hydrogen-bond donors (Lipinski definition) is 0. The van der Waals surface area contributed by atoms with Crippen LogP contribution in [-0.4, -0.2) is 0 Å². The summed E-state index contributed by atoms with van der Waals surface area (Å²) in [6, 6.07) is 0. The quantitative estimate of drug-likeness (QED) is 0.491. The second-order valence-corrected chi connectivity index (χ2v) is 8.88. The van der Waals surface area contributed by atoms with Crippen molar-refractivity contribution in [2.75, 3.05) is 0 Å². The fourth-order valence-electron chi connectivity index (χ4n) is 6.42. The first kappa shape index (κ1) is 16.8. The standard InChI is InChI=1S/C22H40/c1-3-8-14-20(15-9-4-1)22(18-12-7-13-19-22)21-16-10-5-2-6-11-17-21/h20-21H,1-19H2. The summed E-state index contributed by atoms with van der Waals surface area (Å²) in [6.07, 6.45) is 29.4. The maximum atomic E-state index is 1.60. The van der Waals surface area contributed by atoms with Crippen LogP contribution in [0.5, 0.6) is 0 Å². The van der Waals surface area contributed by atoms with Gasteiger partial charge in [0.25, 0.3) is 0 Å². The van der Waals surface area contributed by atoms with Gasteiger partial charge < -0.3 is 0 Å². The van der Waals surface area contributed by atoms with Gasteiger partial charge in [-0.2, -0.15) is 0 Å². The predicted octanol–water partition coefficient (Wildman–Crippen LogP) is 7.66. The van der Waals surface area contributed by atoms with Crippen LogP contribution in [0.15, 0.2) is 0 Å². The van der Waals surface area contributed by atoms with Gasteiger partial charge in [0.2, 0.25) is 0 Å². The summed E-state index contributed by atoms with van der Waals surface area (Å²) in [5.74, 6) is 2.19. The molecule has 0 aliphatic heterocycles. The van der Waals surface area contributed by atoms with Crippen molar-refractivity contribution < 1.29 is 0 Å². The highest BCUT2D eigenvalue weighted by atomic mass is 14.5. The minimum atomic E-state index is 0.785. The predicted molar refractivity (Wildman–Crippen MR) is 97.1 cm³/mol. The smallest absolute Gasteiger partial charge is 0.0241 e. The van der Waals surface area contributed by atoms with Crippen LogP contribution in [0.3, 0.4) is 0 Å². The first-order valence-corrected chi connectivity index (χ1v) is 10.9. The maximum Gasteiger partial charge on any atom is -0.0241 e. The molecule has 0 spiro atoms. The normalized spacial score (nSPS) is 30.0. The third-order valence-electron chi connectivity index (χ3n) is 7.62. The molecule has 0 heteroatoms. The van der Waals surface area contributed by atoms with Crippen LogP contribution in [-0.2, 0) is 0 Å². The van der Waals surface area contributed by atoms with Crippen molar-refractivity contribution in [1.29, 1.82) is 0 Å². The maximum absolute atomic E-state index is 1.60. The minimum Gasteiger partial charge on any atom is -0.0533 e. The Morgan fingerprint density at radius 3 is 1.09 bits per heavy atom. The Hall–Kier alpha value is 0. The molecule has 0 unspecified atom stereocenters. The van der Waals surface area contributed by atoms with E-state index in [4.69, 9.17) is 0 Å². The highest BCUT2D eigenvalue weighted by molar-refractivity contribution is 4.95. The molecule has 0 aromatic carbocycles. The van der Waals surface area contributed by atoms with Gasteiger partial charge in [-0.1, -0.05) is 83.5 Å². The Labute approximate surface area is 139 Å². The van der Waals surface area contributed by atoms with Gasteiger partial charge in [-0.25, -0.2) is 0 Å². The van der Waals surface area contributed by atoms with E-state index in [1.807, 2.05) is 0 Å². The molecule has 3 rings (SSSR count). The van der Waals surface area contributed by atoms with Crippen molar-refractivity contribution in [3.63, 3.8) is 0 Å². The molecule has 3 aliphatic rings. The van der Waals surface area contributed by atoms with Gasteiger partial charge in [0, 0.05) is 0 Å². The SMILES string of the molecule is C1CCCC(C2(C3CCCCCCC3)CCCCC2)CCC1. The van der Waals surface area contributed by atoms with E-state index in [2.05, 4.69) is 0 Å². The third-order valence-corrected chi connectivity index (χ3v) is 7.62. The van der Waals surface area contributed by atoms with E-state index in [1.165, 1.54) is 44.9 Å². The lowest BCUT2D eigenvalue weighted by Crippen LogP contribution is -2.41. The molecule has 0 saturated heterocycles. The molecule has 0 bridgehead atoms. The van der Waals surface area contributed by atoms with E-state index in [0.29, 0.717) is 0 Å². The minimum absolute atomic E-state index is 0.785. The van der Waals surface area contributed by atoms with Crippen molar-refractivity contribution >= 4 is 0 Å². The van der Waals surface area contributed by atoms with Crippen molar-refractivity contribution in [2.24, 2.45) is 17.3 Å². The van der Waals surface area contributed by atoms with Crippen molar-refractivity contribution in [3.8, 4) is 0 Å². The van der Waals surface area contributed by atoms with Crippen LogP contribution < -0.4 is 0 Å². The molecular formula is C22H40. The first-order valence-electron chi connectivity index (χ1n) is 10.9. The summed E-state index contributed by atoms with van der Waals surface area (Å²) in [6.45, 7) is 0. The van der Waals surface area contributed by atoms with Crippen molar-refractivity contribution in [3.05, 3.63) is 0 Å². The molecule has 128 valence electrons. The summed E-state index contributed by atoms with van der Waals surface area (Å²) in [5.41, 5.74) is 0.785. The Bertz CT molecular complexity index is 259. The van der Waals surface area contributed by atoms with Crippen molar-refractivity contribution in [2.45, 2.75) is 122 Å². The second-order valence-electron chi connectivity index (χ2n) is 8.88. The third kappa shape index (κ3) is 4.09. The molecule has 0 atom stereocenters. The molecule has 0 nitrogen and oxygen atoms in total. The number of hydrogen-bond acceptors (Lipinski definition) is 0. The lowest BCUT2D eigenvalue weighted by molar-refractivity contribution is -0.00308. The zero-order valence-electron chi connectivity index (χ0n) is 15.1. The van der Waals surface area contributed by atoms with Crippen LogP contribution in [0.4, 0.5) is 0 Å². The first-order chi connectivity index (χ1) is 10.9. The fraction of sp³-hybridized carbons (Fsp3) is 1.00. The Morgan fingerprint density at radius 1 is 0.364 bits per heavy atom. The molecule has 0 radical (unpaired) electrons. The van der Waals surface area contributed by atoms with E-state index in [-0.39, 0.29) is 0 Å². The average molecular weight is 305 g/mol. The molecule has 3 saturated carbocycles. The van der Waals surface area contributed by atoms with Crippen LogP contribution in [0.2, 0.25) is 0 Å². The average Bonchev–Trinajstić information content (AvgIpc) is 2.47. The van der Waals surface area contributed by atoms with Gasteiger partial charge >= 0.3 is 0 Å². The summed E-state index contributed by atoms with van der Waals surface area (Å²) < 4.78 is 0. The summed E-state index contributed by atoms with van der Waals surface area (Å²) in [7, 11) is 0. The zero-order valence-corrected chi connectivity index (χ0v) is 15.1. The molecular weight excluding hydrogens is 264 g/mol. The van der Waals surface area contributed by atoms with E-state index in [1.54, 1.807) is 77.0 Å². The molecule has 0 aromatic heterocycles. The summed E-state index contributed by atoms with van der Waals surface area (Å²) in [5, 5.41) is 0. The van der Waals surface area contributed by atoms with Crippen molar-refractivity contribution in [1.82, 2.24) is 0 Å². The highest BCUT2D eigenvalue weighted by Gasteiger charge is 2.44. The van der Waals surface area contributed by atoms with Gasteiger partial charge in [-0.05, 0) is 55.8 Å². The summed E-state index contributed by atoms with van der Waals surface area (Å²) in [4.78, 5) is 0. The Balaban J connectivity index is 1.75. The van der Waals surface area contributed by atoms with Gasteiger partial charge in [-0.3, -0.25) is 0 Å². The number of rotatable bonds is 2. The summed E-state index contributed by atoms with van der Waals surface area (Å²) >= 11 is 0. The topological polar surface area (TPSA) is 0 Å². The highest BCUT2D eigenvalue weighted by Crippen LogP contribution is 2.55. The van der Waals surface area contributed by atoms with Crippen LogP contribution in [0.25, 0.3) is 0 Å². The molecule has 3 fully saturated rings. The largest absolute Gasteiger partial charge is 0.0533 e. The monoisotopic (exact) mass is 304 g/mol. The van der Waals surface area contributed by atoms with Crippen LogP contribution >= 0.6 is 0 Å². The van der Waals surface area contributed by atoms with E-state index >= 15 is 0 Å². The molecule has 3 aliphatic carbocycles.